The third-order valence-electron chi connectivity index (χ3n) is 4.51. The van der Waals surface area contributed by atoms with Crippen LogP contribution in [0.25, 0.3) is 27.6 Å². The summed E-state index contributed by atoms with van der Waals surface area (Å²) in [6, 6.07) is 18.0. The zero-order valence-electron chi connectivity index (χ0n) is 14.0. The fourth-order valence-corrected chi connectivity index (χ4v) is 3.35. The van der Waals surface area contributed by atoms with Crippen molar-refractivity contribution in [2.24, 2.45) is 0 Å². The van der Waals surface area contributed by atoms with Crippen LogP contribution in [-0.4, -0.2) is 23.4 Å². The molecule has 1 aliphatic rings. The summed E-state index contributed by atoms with van der Waals surface area (Å²) in [5, 5.41) is 7.05. The van der Waals surface area contributed by atoms with E-state index in [2.05, 4.69) is 23.5 Å². The van der Waals surface area contributed by atoms with Gasteiger partial charge in [-0.2, -0.15) is 0 Å². The SMILES string of the molecule is CCCN1C(=O)N/C(=C/c2c3ccccc3cc3ccccc23)C1=O. The highest BCUT2D eigenvalue weighted by atomic mass is 16.2. The molecule has 0 spiro atoms. The number of imide groups is 1. The lowest BCUT2D eigenvalue weighted by Crippen LogP contribution is -2.31. The molecule has 3 aromatic carbocycles. The Labute approximate surface area is 145 Å². The molecule has 1 aliphatic heterocycles. The van der Waals surface area contributed by atoms with E-state index < -0.39 is 0 Å². The van der Waals surface area contributed by atoms with Crippen LogP contribution in [0.5, 0.6) is 0 Å². The lowest BCUT2D eigenvalue weighted by atomic mass is 9.96. The average molecular weight is 330 g/mol. The van der Waals surface area contributed by atoms with Gasteiger partial charge < -0.3 is 5.32 Å². The Balaban J connectivity index is 1.94. The van der Waals surface area contributed by atoms with Gasteiger partial charge in [0.15, 0.2) is 0 Å². The molecule has 0 radical (unpaired) electrons. The number of urea groups is 1. The van der Waals surface area contributed by atoms with Crippen LogP contribution in [0.15, 0.2) is 60.3 Å². The monoisotopic (exact) mass is 330 g/mol. The number of carbonyl (C=O) groups is 2. The molecule has 4 nitrogen and oxygen atoms in total. The zero-order valence-corrected chi connectivity index (χ0v) is 14.0. The highest BCUT2D eigenvalue weighted by Gasteiger charge is 2.32. The van der Waals surface area contributed by atoms with E-state index in [1.165, 1.54) is 4.90 Å². The number of amides is 3. The smallest absolute Gasteiger partial charge is 0.303 e. The molecular weight excluding hydrogens is 312 g/mol. The Morgan fingerprint density at radius 1 is 0.960 bits per heavy atom. The van der Waals surface area contributed by atoms with Crippen LogP contribution >= 0.6 is 0 Å². The molecule has 3 amide bonds. The first kappa shape index (κ1) is 15.4. The van der Waals surface area contributed by atoms with Crippen LogP contribution in [0, 0.1) is 0 Å². The molecule has 124 valence electrons. The van der Waals surface area contributed by atoms with E-state index in [-0.39, 0.29) is 11.9 Å². The van der Waals surface area contributed by atoms with Gasteiger partial charge in [-0.15, -0.1) is 0 Å². The van der Waals surface area contributed by atoms with Gasteiger partial charge in [0, 0.05) is 6.54 Å². The lowest BCUT2D eigenvalue weighted by Gasteiger charge is -2.10. The fourth-order valence-electron chi connectivity index (χ4n) is 3.35. The summed E-state index contributed by atoms with van der Waals surface area (Å²) >= 11 is 0. The minimum atomic E-state index is -0.345. The van der Waals surface area contributed by atoms with E-state index >= 15 is 0 Å². The molecule has 25 heavy (non-hydrogen) atoms. The molecule has 1 fully saturated rings. The van der Waals surface area contributed by atoms with Gasteiger partial charge in [-0.3, -0.25) is 9.69 Å². The van der Waals surface area contributed by atoms with Gasteiger partial charge in [0.2, 0.25) is 0 Å². The van der Waals surface area contributed by atoms with E-state index in [0.717, 1.165) is 33.5 Å². The summed E-state index contributed by atoms with van der Waals surface area (Å²) in [4.78, 5) is 25.9. The summed E-state index contributed by atoms with van der Waals surface area (Å²) in [6.45, 7) is 2.37. The van der Waals surface area contributed by atoms with Crippen molar-refractivity contribution in [2.75, 3.05) is 6.54 Å². The van der Waals surface area contributed by atoms with Crippen molar-refractivity contribution in [1.29, 1.82) is 0 Å². The van der Waals surface area contributed by atoms with Crippen molar-refractivity contribution in [3.8, 4) is 0 Å². The Morgan fingerprint density at radius 2 is 1.56 bits per heavy atom. The maximum Gasteiger partial charge on any atom is 0.329 e. The minimum Gasteiger partial charge on any atom is -0.303 e. The average Bonchev–Trinajstić information content (AvgIpc) is 2.89. The van der Waals surface area contributed by atoms with Crippen LogP contribution < -0.4 is 5.32 Å². The van der Waals surface area contributed by atoms with Crippen molar-refractivity contribution in [3.63, 3.8) is 0 Å². The highest BCUT2D eigenvalue weighted by Crippen LogP contribution is 2.30. The fraction of sp³-hybridized carbons (Fsp3) is 0.143. The molecule has 4 heteroatoms. The molecule has 0 aromatic heterocycles. The Hall–Kier alpha value is -3.14. The normalized spacial score (nSPS) is 16.2. The first-order valence-corrected chi connectivity index (χ1v) is 8.44. The van der Waals surface area contributed by atoms with Crippen LogP contribution in [0.2, 0.25) is 0 Å². The number of rotatable bonds is 3. The molecule has 0 unspecified atom stereocenters. The molecule has 3 aromatic rings. The molecular formula is C21H18N2O2. The first-order valence-electron chi connectivity index (χ1n) is 8.44. The largest absolute Gasteiger partial charge is 0.329 e. The molecule has 0 bridgehead atoms. The Bertz CT molecular complexity index is 982. The number of nitrogens with zero attached hydrogens (tertiary/aromatic N) is 1. The van der Waals surface area contributed by atoms with Crippen LogP contribution in [0.1, 0.15) is 18.9 Å². The Kier molecular flexibility index (Phi) is 3.73. The second-order valence-electron chi connectivity index (χ2n) is 6.18. The molecule has 0 aliphatic carbocycles. The summed E-state index contributed by atoms with van der Waals surface area (Å²) in [7, 11) is 0. The number of hydrogen-bond donors (Lipinski definition) is 1. The van der Waals surface area contributed by atoms with Gasteiger partial charge in [-0.05, 0) is 45.7 Å². The molecule has 1 N–H and O–H groups in total. The van der Waals surface area contributed by atoms with E-state index in [9.17, 15) is 9.59 Å². The molecule has 1 saturated heterocycles. The number of hydrogen-bond acceptors (Lipinski definition) is 2. The number of benzene rings is 3. The van der Waals surface area contributed by atoms with Crippen molar-refractivity contribution in [1.82, 2.24) is 10.2 Å². The van der Waals surface area contributed by atoms with Crippen molar-refractivity contribution in [3.05, 3.63) is 65.9 Å². The second kappa shape index (κ2) is 6.06. The Morgan fingerprint density at radius 3 is 2.16 bits per heavy atom. The predicted octanol–water partition coefficient (Wildman–Crippen LogP) is 4.30. The van der Waals surface area contributed by atoms with Crippen LogP contribution in [-0.2, 0) is 4.79 Å². The summed E-state index contributed by atoms with van der Waals surface area (Å²) in [5.41, 5.74) is 1.29. The molecule has 1 heterocycles. The second-order valence-corrected chi connectivity index (χ2v) is 6.18. The molecule has 4 rings (SSSR count). The van der Waals surface area contributed by atoms with E-state index in [4.69, 9.17) is 0 Å². The predicted molar refractivity (Wildman–Crippen MR) is 100.0 cm³/mol. The van der Waals surface area contributed by atoms with Crippen LogP contribution in [0.3, 0.4) is 0 Å². The maximum atomic E-state index is 12.6. The number of nitrogens with one attached hydrogen (secondary N) is 1. The molecule has 0 saturated carbocycles. The van der Waals surface area contributed by atoms with E-state index in [0.29, 0.717) is 12.2 Å². The maximum absolute atomic E-state index is 12.6. The highest BCUT2D eigenvalue weighted by molar-refractivity contribution is 6.16. The summed E-state index contributed by atoms with van der Waals surface area (Å²) < 4.78 is 0. The van der Waals surface area contributed by atoms with Gasteiger partial charge in [-0.25, -0.2) is 4.79 Å². The lowest BCUT2D eigenvalue weighted by molar-refractivity contribution is -0.122. The van der Waals surface area contributed by atoms with Crippen molar-refractivity contribution >= 4 is 39.6 Å². The minimum absolute atomic E-state index is 0.260. The van der Waals surface area contributed by atoms with Gasteiger partial charge in [0.25, 0.3) is 5.91 Å². The van der Waals surface area contributed by atoms with Crippen molar-refractivity contribution in [2.45, 2.75) is 13.3 Å². The standard InChI is InChI=1S/C21H18N2O2/c1-2-11-23-20(24)19(22-21(23)25)13-18-16-9-5-3-7-14(16)12-15-8-4-6-10-17(15)18/h3-10,12-13H,2,11H2,1H3,(H,22,25)/b19-13+. The molecule has 0 atom stereocenters. The zero-order chi connectivity index (χ0) is 17.4. The van der Waals surface area contributed by atoms with Crippen molar-refractivity contribution < 1.29 is 9.59 Å². The number of fused-ring (bicyclic) bond motifs is 2. The third-order valence-corrected chi connectivity index (χ3v) is 4.51. The first-order chi connectivity index (χ1) is 12.2. The number of carbonyl (C=O) groups excluding carboxylic acids is 2. The third kappa shape index (κ3) is 2.56. The summed E-state index contributed by atoms with van der Waals surface area (Å²) in [5.74, 6) is -0.260. The van der Waals surface area contributed by atoms with E-state index in [1.54, 1.807) is 6.08 Å². The van der Waals surface area contributed by atoms with Gasteiger partial charge in [-0.1, -0.05) is 55.5 Å². The van der Waals surface area contributed by atoms with Gasteiger partial charge in [0.1, 0.15) is 5.70 Å². The topological polar surface area (TPSA) is 49.4 Å². The van der Waals surface area contributed by atoms with E-state index in [1.807, 2.05) is 43.3 Å². The van der Waals surface area contributed by atoms with Gasteiger partial charge in [0.05, 0.1) is 0 Å². The quantitative estimate of drug-likeness (QED) is 0.442. The van der Waals surface area contributed by atoms with Crippen LogP contribution in [0.4, 0.5) is 4.79 Å². The summed E-state index contributed by atoms with van der Waals surface area (Å²) in [6.07, 6.45) is 2.55. The van der Waals surface area contributed by atoms with Gasteiger partial charge >= 0.3 is 6.03 Å².